The molecule has 1 saturated heterocycles. The van der Waals surface area contributed by atoms with E-state index in [0.29, 0.717) is 19.4 Å². The first-order chi connectivity index (χ1) is 5.99. The molecule has 5 heteroatoms. The fourth-order valence-electron chi connectivity index (χ4n) is 1.35. The molecular weight excluding hydrogens is 185 g/mol. The van der Waals surface area contributed by atoms with E-state index in [1.54, 1.807) is 0 Å². The maximum atomic E-state index is 11.7. The SMILES string of the molecule is O=C1OCCC1CCCC(F)(F)F. The van der Waals surface area contributed by atoms with Gasteiger partial charge < -0.3 is 4.74 Å². The van der Waals surface area contributed by atoms with Gasteiger partial charge in [-0.3, -0.25) is 4.79 Å². The minimum absolute atomic E-state index is 0.0171. The molecule has 0 aromatic heterocycles. The number of hydrogen-bond donors (Lipinski definition) is 0. The van der Waals surface area contributed by atoms with E-state index in [4.69, 9.17) is 0 Å². The average molecular weight is 196 g/mol. The molecule has 1 rings (SSSR count). The Kier molecular flexibility index (Phi) is 3.17. The van der Waals surface area contributed by atoms with Crippen LogP contribution in [0.25, 0.3) is 0 Å². The number of alkyl halides is 3. The van der Waals surface area contributed by atoms with Crippen LogP contribution in [0.4, 0.5) is 13.2 Å². The third-order valence-electron chi connectivity index (χ3n) is 2.06. The summed E-state index contributed by atoms with van der Waals surface area (Å²) in [5, 5.41) is 0. The van der Waals surface area contributed by atoms with Gasteiger partial charge >= 0.3 is 12.1 Å². The molecule has 1 unspecified atom stereocenters. The lowest BCUT2D eigenvalue weighted by molar-refractivity contribution is -0.144. The van der Waals surface area contributed by atoms with E-state index < -0.39 is 12.6 Å². The summed E-state index contributed by atoms with van der Waals surface area (Å²) in [7, 11) is 0. The van der Waals surface area contributed by atoms with Crippen LogP contribution in [0.5, 0.6) is 0 Å². The van der Waals surface area contributed by atoms with Gasteiger partial charge in [0.15, 0.2) is 0 Å². The van der Waals surface area contributed by atoms with E-state index in [9.17, 15) is 18.0 Å². The number of halogens is 3. The Balaban J connectivity index is 2.16. The van der Waals surface area contributed by atoms with Crippen LogP contribution >= 0.6 is 0 Å². The summed E-state index contributed by atoms with van der Waals surface area (Å²) >= 11 is 0. The summed E-state index contributed by atoms with van der Waals surface area (Å²) in [6.45, 7) is 0.357. The summed E-state index contributed by atoms with van der Waals surface area (Å²) < 4.78 is 39.8. The molecule has 1 fully saturated rings. The van der Waals surface area contributed by atoms with E-state index in [-0.39, 0.29) is 18.3 Å². The molecule has 1 aliphatic heterocycles. The zero-order valence-electron chi connectivity index (χ0n) is 7.06. The first kappa shape index (κ1) is 10.3. The van der Waals surface area contributed by atoms with Gasteiger partial charge in [0.1, 0.15) is 0 Å². The highest BCUT2D eigenvalue weighted by Gasteiger charge is 2.30. The quantitative estimate of drug-likeness (QED) is 0.647. The molecule has 0 aliphatic carbocycles. The maximum absolute atomic E-state index is 11.7. The van der Waals surface area contributed by atoms with Gasteiger partial charge in [-0.2, -0.15) is 13.2 Å². The standard InChI is InChI=1S/C8H11F3O2/c9-8(10,11)4-1-2-6-3-5-13-7(6)12/h6H,1-5H2. The Morgan fingerprint density at radius 2 is 2.15 bits per heavy atom. The van der Waals surface area contributed by atoms with E-state index in [0.717, 1.165) is 0 Å². The lowest BCUT2D eigenvalue weighted by atomic mass is 10.0. The summed E-state index contributed by atoms with van der Waals surface area (Å²) in [6, 6.07) is 0. The van der Waals surface area contributed by atoms with Gasteiger partial charge in [-0.25, -0.2) is 0 Å². The number of rotatable bonds is 3. The van der Waals surface area contributed by atoms with Crippen LogP contribution in [-0.2, 0) is 9.53 Å². The molecule has 0 saturated carbocycles. The van der Waals surface area contributed by atoms with Gasteiger partial charge in [-0.05, 0) is 19.3 Å². The third kappa shape index (κ3) is 3.65. The number of carbonyl (C=O) groups excluding carboxylic acids is 1. The Morgan fingerprint density at radius 1 is 1.46 bits per heavy atom. The van der Waals surface area contributed by atoms with Crippen LogP contribution in [-0.4, -0.2) is 18.8 Å². The van der Waals surface area contributed by atoms with E-state index in [1.165, 1.54) is 0 Å². The maximum Gasteiger partial charge on any atom is 0.389 e. The second-order valence-corrected chi connectivity index (χ2v) is 3.16. The van der Waals surface area contributed by atoms with Crippen molar-refractivity contribution in [2.24, 2.45) is 5.92 Å². The zero-order chi connectivity index (χ0) is 9.90. The Morgan fingerprint density at radius 3 is 2.62 bits per heavy atom. The van der Waals surface area contributed by atoms with Gasteiger partial charge in [0.25, 0.3) is 0 Å². The van der Waals surface area contributed by atoms with Gasteiger partial charge in [0, 0.05) is 6.42 Å². The van der Waals surface area contributed by atoms with Crippen LogP contribution in [0.15, 0.2) is 0 Å². The molecule has 0 aromatic rings. The van der Waals surface area contributed by atoms with Gasteiger partial charge in [0.05, 0.1) is 12.5 Å². The Bertz CT molecular complexity index is 188. The van der Waals surface area contributed by atoms with Crippen LogP contribution in [0, 0.1) is 5.92 Å². The molecule has 13 heavy (non-hydrogen) atoms. The average Bonchev–Trinajstić information content (AvgIpc) is 2.34. The topological polar surface area (TPSA) is 26.3 Å². The first-order valence-electron chi connectivity index (χ1n) is 4.22. The van der Waals surface area contributed by atoms with Crippen molar-refractivity contribution < 1.29 is 22.7 Å². The van der Waals surface area contributed by atoms with Crippen molar-refractivity contribution in [2.75, 3.05) is 6.61 Å². The second-order valence-electron chi connectivity index (χ2n) is 3.16. The predicted octanol–water partition coefficient (Wildman–Crippen LogP) is 2.28. The monoisotopic (exact) mass is 196 g/mol. The van der Waals surface area contributed by atoms with Crippen molar-refractivity contribution in [3.63, 3.8) is 0 Å². The van der Waals surface area contributed by atoms with Gasteiger partial charge in [-0.15, -0.1) is 0 Å². The first-order valence-corrected chi connectivity index (χ1v) is 4.22. The minimum Gasteiger partial charge on any atom is -0.465 e. The fourth-order valence-corrected chi connectivity index (χ4v) is 1.35. The summed E-state index contributed by atoms with van der Waals surface area (Å²) in [5.74, 6) is -0.649. The highest BCUT2D eigenvalue weighted by atomic mass is 19.4. The van der Waals surface area contributed by atoms with Crippen molar-refractivity contribution in [3.8, 4) is 0 Å². The largest absolute Gasteiger partial charge is 0.465 e. The molecule has 1 aliphatic rings. The molecule has 2 nitrogen and oxygen atoms in total. The third-order valence-corrected chi connectivity index (χ3v) is 2.06. The normalized spacial score (nSPS) is 23.3. The second kappa shape index (κ2) is 3.98. The van der Waals surface area contributed by atoms with Crippen LogP contribution in [0.1, 0.15) is 25.7 Å². The zero-order valence-corrected chi connectivity index (χ0v) is 7.06. The summed E-state index contributed by atoms with van der Waals surface area (Å²) in [5.41, 5.74) is 0. The number of cyclic esters (lactones) is 1. The van der Waals surface area contributed by atoms with Crippen molar-refractivity contribution >= 4 is 5.97 Å². The molecule has 0 N–H and O–H groups in total. The molecule has 0 amide bonds. The molecular formula is C8H11F3O2. The highest BCUT2D eigenvalue weighted by Crippen LogP contribution is 2.26. The van der Waals surface area contributed by atoms with E-state index in [2.05, 4.69) is 4.74 Å². The Labute approximate surface area is 74.1 Å². The van der Waals surface area contributed by atoms with E-state index >= 15 is 0 Å². The Hall–Kier alpha value is -0.740. The summed E-state index contributed by atoms with van der Waals surface area (Å²) in [6.07, 6.45) is -4.04. The van der Waals surface area contributed by atoms with Crippen molar-refractivity contribution in [3.05, 3.63) is 0 Å². The molecule has 0 aromatic carbocycles. The molecule has 1 atom stereocenters. The van der Waals surface area contributed by atoms with Crippen LogP contribution in [0.3, 0.4) is 0 Å². The fraction of sp³-hybridized carbons (Fsp3) is 0.875. The van der Waals surface area contributed by atoms with Gasteiger partial charge in [-0.1, -0.05) is 0 Å². The number of esters is 1. The molecule has 1 heterocycles. The van der Waals surface area contributed by atoms with Gasteiger partial charge in [0.2, 0.25) is 0 Å². The van der Waals surface area contributed by atoms with Crippen molar-refractivity contribution in [2.45, 2.75) is 31.9 Å². The number of hydrogen-bond acceptors (Lipinski definition) is 2. The molecule has 0 spiro atoms. The lowest BCUT2D eigenvalue weighted by Gasteiger charge is -2.07. The smallest absolute Gasteiger partial charge is 0.389 e. The molecule has 76 valence electrons. The molecule has 0 radical (unpaired) electrons. The van der Waals surface area contributed by atoms with Crippen molar-refractivity contribution in [1.82, 2.24) is 0 Å². The number of carbonyl (C=O) groups is 1. The predicted molar refractivity (Wildman–Crippen MR) is 39.0 cm³/mol. The molecule has 0 bridgehead atoms. The van der Waals surface area contributed by atoms with Crippen LogP contribution < -0.4 is 0 Å². The summed E-state index contributed by atoms with van der Waals surface area (Å²) in [4.78, 5) is 10.8. The lowest BCUT2D eigenvalue weighted by Crippen LogP contribution is -2.11. The van der Waals surface area contributed by atoms with E-state index in [1.807, 2.05) is 0 Å². The van der Waals surface area contributed by atoms with Crippen LogP contribution in [0.2, 0.25) is 0 Å². The minimum atomic E-state index is -4.11. The van der Waals surface area contributed by atoms with Crippen molar-refractivity contribution in [1.29, 1.82) is 0 Å². The highest BCUT2D eigenvalue weighted by molar-refractivity contribution is 5.73. The number of ether oxygens (including phenoxy) is 1.